The van der Waals surface area contributed by atoms with Crippen LogP contribution in [-0.2, 0) is 9.53 Å². The molecule has 2 aliphatic rings. The quantitative estimate of drug-likeness (QED) is 0.807. The van der Waals surface area contributed by atoms with Crippen molar-refractivity contribution in [3.05, 3.63) is 23.5 Å². The first kappa shape index (κ1) is 18.6. The van der Waals surface area contributed by atoms with Crippen molar-refractivity contribution in [3.63, 3.8) is 0 Å². The molecular formula is C18H26N4O4. The smallest absolute Gasteiger partial charge is 0.308 e. The number of aliphatic hydroxyl groups excluding tert-OH is 1. The molecule has 1 aliphatic carbocycles. The first-order valence-corrected chi connectivity index (χ1v) is 9.00. The number of nitrogens with zero attached hydrogens (tertiary/aromatic N) is 4. The van der Waals surface area contributed by atoms with Crippen molar-refractivity contribution in [2.75, 3.05) is 20.8 Å². The maximum absolute atomic E-state index is 11.8. The van der Waals surface area contributed by atoms with Gasteiger partial charge in [-0.3, -0.25) is 14.8 Å². The summed E-state index contributed by atoms with van der Waals surface area (Å²) in [7, 11) is 3.21. The van der Waals surface area contributed by atoms with Crippen molar-refractivity contribution < 1.29 is 19.4 Å². The van der Waals surface area contributed by atoms with Gasteiger partial charge in [0, 0.05) is 7.05 Å². The van der Waals surface area contributed by atoms with Gasteiger partial charge in [-0.25, -0.2) is 0 Å². The van der Waals surface area contributed by atoms with Crippen molar-refractivity contribution in [2.45, 2.75) is 50.8 Å². The molecule has 26 heavy (non-hydrogen) atoms. The number of aryl methyl sites for hydroxylation is 1. The Morgan fingerprint density at radius 1 is 1.38 bits per heavy atom. The van der Waals surface area contributed by atoms with Gasteiger partial charge in [0.1, 0.15) is 17.8 Å². The molecule has 0 aromatic carbocycles. The molecule has 0 amide bonds. The highest BCUT2D eigenvalue weighted by Crippen LogP contribution is 2.33. The van der Waals surface area contributed by atoms with Crippen molar-refractivity contribution >= 4 is 5.97 Å². The molecule has 0 bridgehead atoms. The summed E-state index contributed by atoms with van der Waals surface area (Å²) in [5, 5.41) is 19.4. The number of esters is 1. The van der Waals surface area contributed by atoms with Gasteiger partial charge in [-0.1, -0.05) is 5.22 Å². The molecule has 2 unspecified atom stereocenters. The van der Waals surface area contributed by atoms with Gasteiger partial charge in [0.2, 0.25) is 0 Å². The minimum atomic E-state index is -0.281. The van der Waals surface area contributed by atoms with E-state index in [1.54, 1.807) is 12.1 Å². The Hall–Kier alpha value is -2.22. The average Bonchev–Trinajstić information content (AvgIpc) is 3.03. The van der Waals surface area contributed by atoms with Crippen LogP contribution in [-0.4, -0.2) is 54.0 Å². The molecular weight excluding hydrogens is 336 g/mol. The van der Waals surface area contributed by atoms with E-state index in [0.717, 1.165) is 30.7 Å². The third-order valence-corrected chi connectivity index (χ3v) is 5.16. The minimum Gasteiger partial charge on any atom is -0.489 e. The maximum atomic E-state index is 11.8. The van der Waals surface area contributed by atoms with Gasteiger partial charge in [-0.15, -0.1) is 0 Å². The monoisotopic (exact) mass is 362 g/mol. The van der Waals surface area contributed by atoms with Crippen molar-refractivity contribution in [2.24, 2.45) is 16.3 Å². The molecule has 2 heterocycles. The number of methoxy groups -OCH3 is 1. The Balaban J connectivity index is 1.68. The van der Waals surface area contributed by atoms with E-state index in [2.05, 4.69) is 15.3 Å². The lowest BCUT2D eigenvalue weighted by Crippen LogP contribution is -2.32. The first-order chi connectivity index (χ1) is 12.5. The number of aliphatic hydroxyl groups is 1. The number of hydrogen-bond donors (Lipinski definition) is 1. The number of carbonyl (C=O) groups excluding carboxylic acids is 1. The third-order valence-electron chi connectivity index (χ3n) is 5.16. The molecule has 0 radical (unpaired) electrons. The van der Waals surface area contributed by atoms with Crippen LogP contribution in [0.3, 0.4) is 0 Å². The summed E-state index contributed by atoms with van der Waals surface area (Å²) in [5.41, 5.74) is 1.53. The molecule has 4 atom stereocenters. The van der Waals surface area contributed by atoms with E-state index in [1.165, 1.54) is 7.11 Å². The largest absolute Gasteiger partial charge is 0.489 e. The molecule has 1 aliphatic heterocycles. The summed E-state index contributed by atoms with van der Waals surface area (Å²) in [6.45, 7) is 1.85. The van der Waals surface area contributed by atoms with Crippen LogP contribution in [0.5, 0.6) is 5.75 Å². The van der Waals surface area contributed by atoms with Gasteiger partial charge >= 0.3 is 5.97 Å². The second kappa shape index (κ2) is 7.99. The van der Waals surface area contributed by atoms with Gasteiger partial charge < -0.3 is 14.6 Å². The maximum Gasteiger partial charge on any atom is 0.308 e. The summed E-state index contributed by atoms with van der Waals surface area (Å²) >= 11 is 0. The van der Waals surface area contributed by atoms with E-state index < -0.39 is 0 Å². The lowest BCUT2D eigenvalue weighted by atomic mass is 9.87. The zero-order valence-electron chi connectivity index (χ0n) is 15.5. The number of rotatable bonds is 5. The average molecular weight is 362 g/mol. The normalized spacial score (nSPS) is 28.2. The predicted molar refractivity (Wildman–Crippen MR) is 93.6 cm³/mol. The Morgan fingerprint density at radius 3 is 2.88 bits per heavy atom. The molecule has 1 saturated carbocycles. The Morgan fingerprint density at radius 2 is 2.19 bits per heavy atom. The van der Waals surface area contributed by atoms with Crippen LogP contribution in [0.25, 0.3) is 0 Å². The zero-order valence-corrected chi connectivity index (χ0v) is 15.5. The van der Waals surface area contributed by atoms with Crippen LogP contribution in [0.1, 0.15) is 43.1 Å². The van der Waals surface area contributed by atoms with E-state index in [-0.39, 0.29) is 36.7 Å². The van der Waals surface area contributed by atoms with Crippen LogP contribution in [0, 0.1) is 12.8 Å². The molecule has 0 spiro atoms. The standard InChI is InChI=1S/C18H26N4O4/c1-11-16(26-13-6-4-5-12(9-13)18(24)25-3)8-7-14(19-11)17-15(10-23)22(2)21-20-17/h7-8,12-13,15,17,23H,4-6,9-10H2,1-3H3/t12-,13-,15?,17?/m0/s1. The highest BCUT2D eigenvalue weighted by atomic mass is 16.5. The Kier molecular flexibility index (Phi) is 5.70. The summed E-state index contributed by atoms with van der Waals surface area (Å²) in [5.74, 6) is 0.466. The van der Waals surface area contributed by atoms with Crippen LogP contribution >= 0.6 is 0 Å². The lowest BCUT2D eigenvalue weighted by molar-refractivity contribution is -0.147. The highest BCUT2D eigenvalue weighted by Gasteiger charge is 2.33. The molecule has 1 fully saturated rings. The van der Waals surface area contributed by atoms with E-state index in [0.29, 0.717) is 12.2 Å². The summed E-state index contributed by atoms with van der Waals surface area (Å²) in [4.78, 5) is 16.4. The molecule has 1 aromatic heterocycles. The minimum absolute atomic E-state index is 0.0123. The van der Waals surface area contributed by atoms with E-state index in [4.69, 9.17) is 9.47 Å². The molecule has 142 valence electrons. The SMILES string of the molecule is COC(=O)[C@H]1CCC[C@H](Oc2ccc(C3N=NN(C)C3CO)nc2C)C1. The fourth-order valence-electron chi connectivity index (χ4n) is 3.63. The van der Waals surface area contributed by atoms with Crippen molar-refractivity contribution in [3.8, 4) is 5.75 Å². The zero-order chi connectivity index (χ0) is 18.7. The van der Waals surface area contributed by atoms with Gasteiger partial charge in [-0.05, 0) is 44.7 Å². The number of aromatic nitrogens is 1. The molecule has 0 saturated heterocycles. The number of carbonyl (C=O) groups is 1. The molecule has 1 N–H and O–H groups in total. The first-order valence-electron chi connectivity index (χ1n) is 9.00. The van der Waals surface area contributed by atoms with Crippen LogP contribution in [0.4, 0.5) is 0 Å². The van der Waals surface area contributed by atoms with Gasteiger partial charge in [-0.2, -0.15) is 5.11 Å². The van der Waals surface area contributed by atoms with E-state index in [9.17, 15) is 9.90 Å². The summed E-state index contributed by atoms with van der Waals surface area (Å²) < 4.78 is 11.0. The third kappa shape index (κ3) is 3.80. The Bertz CT molecular complexity index is 681. The number of pyridine rings is 1. The number of likely N-dealkylation sites (N-methyl/N-ethyl adjacent to an activating group) is 1. The van der Waals surface area contributed by atoms with Crippen LogP contribution in [0.15, 0.2) is 22.5 Å². The molecule has 3 rings (SSSR count). The van der Waals surface area contributed by atoms with Crippen molar-refractivity contribution in [1.29, 1.82) is 0 Å². The fourth-order valence-corrected chi connectivity index (χ4v) is 3.63. The topological polar surface area (TPSA) is 96.6 Å². The molecule has 1 aromatic rings. The second-order valence-electron chi connectivity index (χ2n) is 6.92. The van der Waals surface area contributed by atoms with Crippen molar-refractivity contribution in [1.82, 2.24) is 9.99 Å². The Labute approximate surface area is 153 Å². The lowest BCUT2D eigenvalue weighted by Gasteiger charge is -2.28. The highest BCUT2D eigenvalue weighted by molar-refractivity contribution is 5.72. The van der Waals surface area contributed by atoms with E-state index in [1.807, 2.05) is 19.1 Å². The predicted octanol–water partition coefficient (Wildman–Crippen LogP) is 2.22. The number of hydrogen-bond acceptors (Lipinski definition) is 8. The van der Waals surface area contributed by atoms with Gasteiger partial charge in [0.15, 0.2) is 0 Å². The summed E-state index contributed by atoms with van der Waals surface area (Å²) in [6, 6.07) is 3.28. The van der Waals surface area contributed by atoms with Crippen LogP contribution in [0.2, 0.25) is 0 Å². The molecule has 8 heteroatoms. The van der Waals surface area contributed by atoms with E-state index >= 15 is 0 Å². The molecule has 8 nitrogen and oxygen atoms in total. The summed E-state index contributed by atoms with van der Waals surface area (Å²) in [6.07, 6.45) is 3.37. The second-order valence-corrected chi connectivity index (χ2v) is 6.92. The van der Waals surface area contributed by atoms with Crippen LogP contribution < -0.4 is 4.74 Å². The fraction of sp³-hybridized carbons (Fsp3) is 0.667. The van der Waals surface area contributed by atoms with Gasteiger partial charge in [0.25, 0.3) is 0 Å². The van der Waals surface area contributed by atoms with Gasteiger partial charge in [0.05, 0.1) is 37.1 Å². The number of ether oxygens (including phenoxy) is 2.